The number of anilines is 2. The first-order valence-electron chi connectivity index (χ1n) is 5.89. The Morgan fingerprint density at radius 3 is 2.72 bits per heavy atom. The van der Waals surface area contributed by atoms with E-state index < -0.39 is 8.07 Å². The lowest BCUT2D eigenvalue weighted by Gasteiger charge is -2.28. The average molecular weight is 329 g/mol. The second kappa shape index (κ2) is 4.62. The van der Waals surface area contributed by atoms with E-state index in [0.29, 0.717) is 16.8 Å². The molecule has 1 unspecified atom stereocenters. The predicted molar refractivity (Wildman–Crippen MR) is 78.1 cm³/mol. The van der Waals surface area contributed by atoms with Crippen LogP contribution in [0.5, 0.6) is 0 Å². The first-order chi connectivity index (χ1) is 8.26. The summed E-state index contributed by atoms with van der Waals surface area (Å²) in [6.07, 6.45) is 0.687. The fourth-order valence-electron chi connectivity index (χ4n) is 2.22. The van der Waals surface area contributed by atoms with Crippen LogP contribution in [0, 0.1) is 5.92 Å². The van der Waals surface area contributed by atoms with E-state index in [1.165, 1.54) is 0 Å². The van der Waals surface area contributed by atoms with E-state index in [2.05, 4.69) is 50.9 Å². The standard InChI is InChI=1S/C11H17BrN4OSi/c1-18(2,3)5-6-4-7-8(12)14-11(13)16-9(7)15-10(6)17/h6H,4-5H2,1-3H3,(H3,13,14,15,16,17). The van der Waals surface area contributed by atoms with Gasteiger partial charge in [0.15, 0.2) is 0 Å². The monoisotopic (exact) mass is 328 g/mol. The number of aromatic nitrogens is 2. The van der Waals surface area contributed by atoms with E-state index in [9.17, 15) is 4.79 Å². The lowest BCUT2D eigenvalue weighted by Crippen LogP contribution is -2.36. The van der Waals surface area contributed by atoms with Gasteiger partial charge in [-0.25, -0.2) is 4.98 Å². The minimum atomic E-state index is -1.28. The number of carbonyl (C=O) groups excluding carboxylic acids is 1. The van der Waals surface area contributed by atoms with Crippen LogP contribution in [0.4, 0.5) is 11.8 Å². The molecule has 2 rings (SSSR count). The van der Waals surface area contributed by atoms with Crippen LogP contribution >= 0.6 is 15.9 Å². The number of nitrogens with one attached hydrogen (secondary N) is 1. The van der Waals surface area contributed by atoms with Crippen LogP contribution in [0.3, 0.4) is 0 Å². The van der Waals surface area contributed by atoms with E-state index in [-0.39, 0.29) is 17.8 Å². The van der Waals surface area contributed by atoms with Crippen molar-refractivity contribution in [3.8, 4) is 0 Å². The van der Waals surface area contributed by atoms with Crippen molar-refractivity contribution in [2.24, 2.45) is 5.92 Å². The molecule has 0 fully saturated rings. The Morgan fingerprint density at radius 2 is 2.11 bits per heavy atom. The molecule has 0 saturated heterocycles. The number of nitrogen functional groups attached to an aromatic ring is 1. The summed E-state index contributed by atoms with van der Waals surface area (Å²) in [5, 5.41) is 2.84. The van der Waals surface area contributed by atoms with Crippen LogP contribution in [0.15, 0.2) is 4.60 Å². The number of halogens is 1. The summed E-state index contributed by atoms with van der Waals surface area (Å²) in [4.78, 5) is 20.2. The van der Waals surface area contributed by atoms with Gasteiger partial charge in [-0.1, -0.05) is 19.6 Å². The molecule has 1 aromatic rings. The molecule has 0 aliphatic carbocycles. The fourth-order valence-corrected chi connectivity index (χ4v) is 4.56. The molecule has 1 aliphatic rings. The largest absolute Gasteiger partial charge is 0.368 e. The Morgan fingerprint density at radius 1 is 1.44 bits per heavy atom. The fraction of sp³-hybridized carbons (Fsp3) is 0.545. The molecule has 0 aromatic carbocycles. The molecule has 98 valence electrons. The number of rotatable bonds is 2. The number of fused-ring (bicyclic) bond motifs is 1. The maximum atomic E-state index is 12.1. The molecular weight excluding hydrogens is 312 g/mol. The Kier molecular flexibility index (Phi) is 3.46. The highest BCUT2D eigenvalue weighted by atomic mass is 79.9. The molecule has 0 saturated carbocycles. The first-order valence-corrected chi connectivity index (χ1v) is 10.4. The normalized spacial score (nSPS) is 19.3. The molecule has 18 heavy (non-hydrogen) atoms. The van der Waals surface area contributed by atoms with Gasteiger partial charge in [-0.15, -0.1) is 0 Å². The van der Waals surface area contributed by atoms with Crippen molar-refractivity contribution in [1.82, 2.24) is 9.97 Å². The van der Waals surface area contributed by atoms with Gasteiger partial charge >= 0.3 is 0 Å². The van der Waals surface area contributed by atoms with Gasteiger partial charge in [-0.2, -0.15) is 4.98 Å². The average Bonchev–Trinajstić information content (AvgIpc) is 2.18. The van der Waals surface area contributed by atoms with Gasteiger partial charge in [-0.05, 0) is 28.4 Å². The van der Waals surface area contributed by atoms with E-state index in [1.807, 2.05) is 0 Å². The Bertz CT molecular complexity index is 501. The van der Waals surface area contributed by atoms with Gasteiger partial charge in [0.2, 0.25) is 11.9 Å². The molecule has 1 amide bonds. The summed E-state index contributed by atoms with van der Waals surface area (Å²) in [6, 6.07) is 0.967. The summed E-state index contributed by atoms with van der Waals surface area (Å²) in [5.41, 5.74) is 6.52. The molecule has 1 aromatic heterocycles. The Hall–Kier alpha value is -0.953. The Balaban J connectivity index is 2.30. The third-order valence-electron chi connectivity index (χ3n) is 2.90. The van der Waals surface area contributed by atoms with Gasteiger partial charge in [0.25, 0.3) is 0 Å². The van der Waals surface area contributed by atoms with Crippen LogP contribution in [-0.2, 0) is 11.2 Å². The van der Waals surface area contributed by atoms with Crippen LogP contribution in [0.25, 0.3) is 0 Å². The Labute approximate surface area is 116 Å². The number of nitrogens with zero attached hydrogens (tertiary/aromatic N) is 2. The van der Waals surface area contributed by atoms with Crippen molar-refractivity contribution in [3.05, 3.63) is 10.2 Å². The van der Waals surface area contributed by atoms with Crippen LogP contribution in [0.1, 0.15) is 5.56 Å². The zero-order valence-corrected chi connectivity index (χ0v) is 13.3. The molecule has 7 heteroatoms. The molecule has 1 aliphatic heterocycles. The zero-order chi connectivity index (χ0) is 13.5. The van der Waals surface area contributed by atoms with Gasteiger partial charge in [0.1, 0.15) is 10.4 Å². The summed E-state index contributed by atoms with van der Waals surface area (Å²) in [6.45, 7) is 6.80. The van der Waals surface area contributed by atoms with Crippen molar-refractivity contribution in [2.75, 3.05) is 11.1 Å². The number of amides is 1. The van der Waals surface area contributed by atoms with Crippen molar-refractivity contribution in [1.29, 1.82) is 0 Å². The van der Waals surface area contributed by atoms with E-state index in [1.54, 1.807) is 0 Å². The SMILES string of the molecule is C[Si](C)(C)CC1Cc2c(Br)nc(N)nc2NC1=O. The van der Waals surface area contributed by atoms with Crippen molar-refractivity contribution in [3.63, 3.8) is 0 Å². The molecule has 0 bridgehead atoms. The molecule has 1 atom stereocenters. The minimum Gasteiger partial charge on any atom is -0.368 e. The highest BCUT2D eigenvalue weighted by molar-refractivity contribution is 9.10. The van der Waals surface area contributed by atoms with Crippen LogP contribution in [-0.4, -0.2) is 23.9 Å². The first kappa shape index (κ1) is 13.5. The molecule has 5 nitrogen and oxygen atoms in total. The summed E-state index contributed by atoms with van der Waals surface area (Å²) < 4.78 is 0.686. The summed E-state index contributed by atoms with van der Waals surface area (Å²) in [7, 11) is -1.28. The maximum Gasteiger partial charge on any atom is 0.228 e. The van der Waals surface area contributed by atoms with Crippen molar-refractivity contribution in [2.45, 2.75) is 32.1 Å². The smallest absolute Gasteiger partial charge is 0.228 e. The quantitative estimate of drug-likeness (QED) is 0.644. The minimum absolute atomic E-state index is 0.0210. The molecule has 3 N–H and O–H groups in total. The number of carbonyl (C=O) groups is 1. The van der Waals surface area contributed by atoms with Crippen molar-refractivity contribution >= 4 is 41.7 Å². The molecule has 0 radical (unpaired) electrons. The van der Waals surface area contributed by atoms with E-state index in [4.69, 9.17) is 5.73 Å². The van der Waals surface area contributed by atoms with Gasteiger partial charge in [0.05, 0.1) is 0 Å². The van der Waals surface area contributed by atoms with Gasteiger partial charge < -0.3 is 11.1 Å². The topological polar surface area (TPSA) is 80.9 Å². The molecule has 0 spiro atoms. The van der Waals surface area contributed by atoms with Crippen LogP contribution in [0.2, 0.25) is 25.7 Å². The second-order valence-electron chi connectivity index (χ2n) is 5.85. The summed E-state index contributed by atoms with van der Waals surface area (Å²) >= 11 is 3.39. The van der Waals surface area contributed by atoms with Crippen molar-refractivity contribution < 1.29 is 4.79 Å². The highest BCUT2D eigenvalue weighted by Crippen LogP contribution is 2.33. The lowest BCUT2D eigenvalue weighted by atomic mass is 9.98. The predicted octanol–water partition coefficient (Wildman–Crippen LogP) is 2.27. The zero-order valence-electron chi connectivity index (χ0n) is 10.7. The van der Waals surface area contributed by atoms with E-state index >= 15 is 0 Å². The van der Waals surface area contributed by atoms with Crippen LogP contribution < -0.4 is 11.1 Å². The van der Waals surface area contributed by atoms with Gasteiger partial charge in [0, 0.05) is 19.6 Å². The van der Waals surface area contributed by atoms with E-state index in [0.717, 1.165) is 11.6 Å². The number of nitrogens with two attached hydrogens (primary N) is 1. The summed E-state index contributed by atoms with van der Waals surface area (Å²) in [5.74, 6) is 0.790. The number of hydrogen-bond donors (Lipinski definition) is 2. The number of hydrogen-bond acceptors (Lipinski definition) is 4. The lowest BCUT2D eigenvalue weighted by molar-refractivity contribution is -0.119. The second-order valence-corrected chi connectivity index (χ2v) is 12.1. The van der Waals surface area contributed by atoms with Gasteiger partial charge in [-0.3, -0.25) is 4.79 Å². The molecule has 2 heterocycles. The maximum absolute atomic E-state index is 12.1. The third-order valence-corrected chi connectivity index (χ3v) is 5.27. The molecular formula is C11H17BrN4OSi. The third kappa shape index (κ3) is 2.89. The highest BCUT2D eigenvalue weighted by Gasteiger charge is 2.32.